The minimum Gasteiger partial charge on any atom is -0.335 e. The van der Waals surface area contributed by atoms with Gasteiger partial charge in [0.25, 0.3) is 0 Å². The Morgan fingerprint density at radius 2 is 1.74 bits per heavy atom. The topological polar surface area (TPSA) is 41.1 Å². The lowest BCUT2D eigenvalue weighted by atomic mass is 9.96. The van der Waals surface area contributed by atoms with E-state index < -0.39 is 0 Å². The fourth-order valence-electron chi connectivity index (χ4n) is 2.21. The Morgan fingerprint density at radius 3 is 2.42 bits per heavy atom. The second-order valence-electron chi connectivity index (χ2n) is 4.66. The SMILES string of the molecule is O=C(Nc1ccc(Cl)c(Cl)c1Cl)NC1CCCCC1. The molecule has 0 atom stereocenters. The lowest BCUT2D eigenvalue weighted by Crippen LogP contribution is -2.39. The number of nitrogens with one attached hydrogen (secondary N) is 2. The van der Waals surface area contributed by atoms with Crippen molar-refractivity contribution in [1.29, 1.82) is 0 Å². The van der Waals surface area contributed by atoms with Crippen LogP contribution in [0.4, 0.5) is 10.5 Å². The van der Waals surface area contributed by atoms with Crippen LogP contribution in [0.1, 0.15) is 32.1 Å². The van der Waals surface area contributed by atoms with E-state index in [0.717, 1.165) is 12.8 Å². The molecule has 19 heavy (non-hydrogen) atoms. The van der Waals surface area contributed by atoms with Gasteiger partial charge in [-0.15, -0.1) is 0 Å². The van der Waals surface area contributed by atoms with Crippen LogP contribution in [0, 0.1) is 0 Å². The van der Waals surface area contributed by atoms with E-state index in [1.54, 1.807) is 12.1 Å². The Kier molecular flexibility index (Phi) is 5.20. The number of halogens is 3. The molecule has 0 unspecified atom stereocenters. The van der Waals surface area contributed by atoms with Crippen LogP contribution in [0.5, 0.6) is 0 Å². The lowest BCUT2D eigenvalue weighted by molar-refractivity contribution is 0.244. The van der Waals surface area contributed by atoms with Crippen molar-refractivity contribution in [3.63, 3.8) is 0 Å². The second kappa shape index (κ2) is 6.69. The van der Waals surface area contributed by atoms with Crippen molar-refractivity contribution in [3.05, 3.63) is 27.2 Å². The van der Waals surface area contributed by atoms with E-state index >= 15 is 0 Å². The van der Waals surface area contributed by atoms with Gasteiger partial charge >= 0.3 is 6.03 Å². The van der Waals surface area contributed by atoms with E-state index in [4.69, 9.17) is 34.8 Å². The maximum Gasteiger partial charge on any atom is 0.319 e. The molecular weight excluding hydrogens is 307 g/mol. The number of carbonyl (C=O) groups excluding carboxylic acids is 1. The standard InChI is InChI=1S/C13H15Cl3N2O/c14-9-6-7-10(12(16)11(9)15)18-13(19)17-8-4-2-1-3-5-8/h6-8H,1-5H2,(H2,17,18,19). The van der Waals surface area contributed by atoms with Crippen LogP contribution in [0.3, 0.4) is 0 Å². The van der Waals surface area contributed by atoms with Gasteiger partial charge in [-0.3, -0.25) is 0 Å². The maximum absolute atomic E-state index is 11.9. The molecule has 3 nitrogen and oxygen atoms in total. The summed E-state index contributed by atoms with van der Waals surface area (Å²) in [6.07, 6.45) is 5.64. The van der Waals surface area contributed by atoms with Crippen LogP contribution in [0.2, 0.25) is 15.1 Å². The highest BCUT2D eigenvalue weighted by molar-refractivity contribution is 6.49. The molecule has 104 valence electrons. The number of anilines is 1. The third-order valence-corrected chi connectivity index (χ3v) is 4.52. The molecule has 0 aromatic heterocycles. The highest BCUT2D eigenvalue weighted by atomic mass is 35.5. The summed E-state index contributed by atoms with van der Waals surface area (Å²) in [5, 5.41) is 6.52. The van der Waals surface area contributed by atoms with Gasteiger partial charge < -0.3 is 10.6 Å². The van der Waals surface area contributed by atoms with Crippen LogP contribution in [0.25, 0.3) is 0 Å². The number of hydrogen-bond acceptors (Lipinski definition) is 1. The average molecular weight is 322 g/mol. The molecular formula is C13H15Cl3N2O. The first kappa shape index (κ1) is 14.8. The van der Waals surface area contributed by atoms with E-state index in [1.807, 2.05) is 0 Å². The summed E-state index contributed by atoms with van der Waals surface area (Å²) < 4.78 is 0. The molecule has 1 aromatic carbocycles. The van der Waals surface area contributed by atoms with Gasteiger partial charge in [0.2, 0.25) is 0 Å². The summed E-state index contributed by atoms with van der Waals surface area (Å²) in [7, 11) is 0. The van der Waals surface area contributed by atoms with Crippen molar-refractivity contribution < 1.29 is 4.79 Å². The maximum atomic E-state index is 11.9. The molecule has 0 aliphatic heterocycles. The van der Waals surface area contributed by atoms with E-state index in [0.29, 0.717) is 10.7 Å². The van der Waals surface area contributed by atoms with Crippen molar-refractivity contribution in [3.8, 4) is 0 Å². The zero-order valence-electron chi connectivity index (χ0n) is 10.3. The van der Waals surface area contributed by atoms with Crippen molar-refractivity contribution in [2.45, 2.75) is 38.1 Å². The molecule has 0 heterocycles. The molecule has 2 N–H and O–H groups in total. The summed E-state index contributed by atoms with van der Waals surface area (Å²) in [5.41, 5.74) is 0.462. The highest BCUT2D eigenvalue weighted by Crippen LogP contribution is 2.35. The van der Waals surface area contributed by atoms with Gasteiger partial charge in [0, 0.05) is 6.04 Å². The van der Waals surface area contributed by atoms with Gasteiger partial charge in [-0.1, -0.05) is 54.1 Å². The number of urea groups is 1. The summed E-state index contributed by atoms with van der Waals surface area (Å²) in [5.74, 6) is 0. The molecule has 1 aliphatic carbocycles. The third kappa shape index (κ3) is 3.91. The normalized spacial score (nSPS) is 16.2. The van der Waals surface area contributed by atoms with Gasteiger partial charge in [0.15, 0.2) is 0 Å². The quantitative estimate of drug-likeness (QED) is 0.731. The fraction of sp³-hybridized carbons (Fsp3) is 0.462. The van der Waals surface area contributed by atoms with Crippen molar-refractivity contribution >= 4 is 46.5 Å². The minimum atomic E-state index is -0.257. The number of benzene rings is 1. The average Bonchev–Trinajstić information content (AvgIpc) is 2.41. The lowest BCUT2D eigenvalue weighted by Gasteiger charge is -2.23. The molecule has 2 rings (SSSR count). The van der Waals surface area contributed by atoms with Crippen molar-refractivity contribution in [2.24, 2.45) is 0 Å². The fourth-order valence-corrected chi connectivity index (χ4v) is 2.80. The molecule has 0 radical (unpaired) electrons. The predicted molar refractivity (Wildman–Crippen MR) is 80.5 cm³/mol. The van der Waals surface area contributed by atoms with Crippen molar-refractivity contribution in [2.75, 3.05) is 5.32 Å². The molecule has 6 heteroatoms. The largest absolute Gasteiger partial charge is 0.335 e. The molecule has 1 aromatic rings. The predicted octanol–water partition coefficient (Wildman–Crippen LogP) is 5.10. The highest BCUT2D eigenvalue weighted by Gasteiger charge is 2.17. The van der Waals surface area contributed by atoms with E-state index in [9.17, 15) is 4.79 Å². The minimum absolute atomic E-state index is 0.246. The smallest absolute Gasteiger partial charge is 0.319 e. The van der Waals surface area contributed by atoms with Gasteiger partial charge in [-0.2, -0.15) is 0 Å². The Morgan fingerprint density at radius 1 is 1.05 bits per heavy atom. The molecule has 1 saturated carbocycles. The number of hydrogen-bond donors (Lipinski definition) is 2. The first-order chi connectivity index (χ1) is 9.08. The van der Waals surface area contributed by atoms with Crippen LogP contribution >= 0.6 is 34.8 Å². The van der Waals surface area contributed by atoms with Gasteiger partial charge in [0.1, 0.15) is 0 Å². The molecule has 0 saturated heterocycles. The number of amides is 2. The molecule has 0 bridgehead atoms. The molecule has 0 spiro atoms. The van der Waals surface area contributed by atoms with Crippen LogP contribution in [-0.4, -0.2) is 12.1 Å². The Labute approximate surface area is 127 Å². The monoisotopic (exact) mass is 320 g/mol. The first-order valence-corrected chi connectivity index (χ1v) is 7.42. The van der Waals surface area contributed by atoms with Crippen molar-refractivity contribution in [1.82, 2.24) is 5.32 Å². The van der Waals surface area contributed by atoms with E-state index in [-0.39, 0.29) is 22.1 Å². The van der Waals surface area contributed by atoms with Crippen LogP contribution < -0.4 is 10.6 Å². The van der Waals surface area contributed by atoms with Crippen LogP contribution in [-0.2, 0) is 0 Å². The van der Waals surface area contributed by atoms with E-state index in [1.165, 1.54) is 19.3 Å². The molecule has 1 fully saturated rings. The summed E-state index contributed by atoms with van der Waals surface area (Å²) in [6.45, 7) is 0. The zero-order chi connectivity index (χ0) is 13.8. The Bertz CT molecular complexity index is 473. The Balaban J connectivity index is 1.97. The zero-order valence-corrected chi connectivity index (χ0v) is 12.6. The number of carbonyl (C=O) groups is 1. The van der Waals surface area contributed by atoms with Gasteiger partial charge in [-0.05, 0) is 25.0 Å². The molecule has 2 amide bonds. The summed E-state index contributed by atoms with van der Waals surface area (Å²) in [4.78, 5) is 11.9. The third-order valence-electron chi connectivity index (χ3n) is 3.22. The summed E-state index contributed by atoms with van der Waals surface area (Å²) in [6, 6.07) is 3.23. The van der Waals surface area contributed by atoms with E-state index in [2.05, 4.69) is 10.6 Å². The van der Waals surface area contributed by atoms with Gasteiger partial charge in [-0.25, -0.2) is 4.79 Å². The summed E-state index contributed by atoms with van der Waals surface area (Å²) >= 11 is 17.8. The second-order valence-corrected chi connectivity index (χ2v) is 5.82. The van der Waals surface area contributed by atoms with Gasteiger partial charge in [0.05, 0.1) is 20.8 Å². The van der Waals surface area contributed by atoms with Crippen LogP contribution in [0.15, 0.2) is 12.1 Å². The first-order valence-electron chi connectivity index (χ1n) is 6.29. The Hall–Kier alpha value is -0.640. The number of rotatable bonds is 2. The molecule has 1 aliphatic rings.